The van der Waals surface area contributed by atoms with Gasteiger partial charge < -0.3 is 10.1 Å². The summed E-state index contributed by atoms with van der Waals surface area (Å²) in [5.41, 5.74) is 4.14. The molecule has 0 spiro atoms. The van der Waals surface area contributed by atoms with E-state index in [4.69, 9.17) is 4.74 Å². The van der Waals surface area contributed by atoms with Crippen LogP contribution in [0.2, 0.25) is 0 Å². The average Bonchev–Trinajstić information content (AvgIpc) is 2.30. The van der Waals surface area contributed by atoms with E-state index in [1.165, 1.54) is 16.7 Å². The standard InChI is InChI=1S/C15H23NO/c1-11-4-5-15(12(2)10-11)13(3)16-14-6-8-17-9-7-14/h4-5,10,13-14,16H,6-9H2,1-3H3. The lowest BCUT2D eigenvalue weighted by Gasteiger charge is -2.27. The maximum absolute atomic E-state index is 5.39. The first-order valence-corrected chi connectivity index (χ1v) is 6.58. The zero-order chi connectivity index (χ0) is 12.3. The molecule has 0 amide bonds. The van der Waals surface area contributed by atoms with E-state index >= 15 is 0 Å². The van der Waals surface area contributed by atoms with E-state index in [9.17, 15) is 0 Å². The number of aryl methyl sites for hydroxylation is 2. The van der Waals surface area contributed by atoms with Gasteiger partial charge in [-0.2, -0.15) is 0 Å². The van der Waals surface area contributed by atoms with Crippen molar-refractivity contribution in [2.24, 2.45) is 0 Å². The van der Waals surface area contributed by atoms with Crippen LogP contribution in [-0.4, -0.2) is 19.3 Å². The molecular weight excluding hydrogens is 210 g/mol. The molecule has 1 aliphatic heterocycles. The van der Waals surface area contributed by atoms with E-state index in [0.29, 0.717) is 12.1 Å². The molecule has 2 heteroatoms. The molecule has 0 aromatic heterocycles. The first-order valence-electron chi connectivity index (χ1n) is 6.58. The van der Waals surface area contributed by atoms with Crippen LogP contribution >= 0.6 is 0 Å². The van der Waals surface area contributed by atoms with Gasteiger partial charge in [0.25, 0.3) is 0 Å². The highest BCUT2D eigenvalue weighted by atomic mass is 16.5. The number of nitrogens with one attached hydrogen (secondary N) is 1. The normalized spacial score (nSPS) is 19.2. The third kappa shape index (κ3) is 3.30. The Morgan fingerprint density at radius 2 is 1.94 bits per heavy atom. The first-order chi connectivity index (χ1) is 8.16. The van der Waals surface area contributed by atoms with Crippen molar-refractivity contribution >= 4 is 0 Å². The fraction of sp³-hybridized carbons (Fsp3) is 0.600. The minimum absolute atomic E-state index is 0.429. The maximum Gasteiger partial charge on any atom is 0.0480 e. The topological polar surface area (TPSA) is 21.3 Å². The van der Waals surface area contributed by atoms with Crippen LogP contribution in [0.4, 0.5) is 0 Å². The van der Waals surface area contributed by atoms with Crippen LogP contribution in [0.25, 0.3) is 0 Å². The summed E-state index contributed by atoms with van der Waals surface area (Å²) in [6.45, 7) is 8.40. The molecule has 1 aromatic rings. The molecule has 1 N–H and O–H groups in total. The fourth-order valence-electron chi connectivity index (χ4n) is 2.62. The summed E-state index contributed by atoms with van der Waals surface area (Å²) in [5, 5.41) is 3.72. The summed E-state index contributed by atoms with van der Waals surface area (Å²) >= 11 is 0. The molecule has 0 aliphatic carbocycles. The molecule has 1 aliphatic rings. The van der Waals surface area contributed by atoms with Gasteiger partial charge in [0, 0.05) is 25.3 Å². The summed E-state index contributed by atoms with van der Waals surface area (Å²) in [6, 6.07) is 7.75. The Kier molecular flexibility index (Phi) is 4.19. The second-order valence-electron chi connectivity index (χ2n) is 5.14. The summed E-state index contributed by atoms with van der Waals surface area (Å²) in [4.78, 5) is 0. The van der Waals surface area contributed by atoms with Gasteiger partial charge in [-0.1, -0.05) is 23.8 Å². The van der Waals surface area contributed by atoms with Crippen molar-refractivity contribution in [3.05, 3.63) is 34.9 Å². The third-order valence-electron chi connectivity index (χ3n) is 3.60. The second kappa shape index (κ2) is 5.65. The van der Waals surface area contributed by atoms with Crippen LogP contribution in [0, 0.1) is 13.8 Å². The number of hydrogen-bond acceptors (Lipinski definition) is 2. The van der Waals surface area contributed by atoms with Crippen LogP contribution in [0.1, 0.15) is 42.5 Å². The van der Waals surface area contributed by atoms with Gasteiger partial charge in [-0.3, -0.25) is 0 Å². The van der Waals surface area contributed by atoms with Crippen molar-refractivity contribution in [2.75, 3.05) is 13.2 Å². The van der Waals surface area contributed by atoms with Gasteiger partial charge >= 0.3 is 0 Å². The van der Waals surface area contributed by atoms with Crippen molar-refractivity contribution in [3.63, 3.8) is 0 Å². The molecule has 1 heterocycles. The predicted molar refractivity (Wildman–Crippen MR) is 71.3 cm³/mol. The smallest absolute Gasteiger partial charge is 0.0480 e. The van der Waals surface area contributed by atoms with E-state index in [1.54, 1.807) is 0 Å². The van der Waals surface area contributed by atoms with Crippen LogP contribution in [0.15, 0.2) is 18.2 Å². The van der Waals surface area contributed by atoms with Crippen LogP contribution in [0.5, 0.6) is 0 Å². The van der Waals surface area contributed by atoms with Crippen LogP contribution < -0.4 is 5.32 Å². The van der Waals surface area contributed by atoms with Gasteiger partial charge in [0.2, 0.25) is 0 Å². The highest BCUT2D eigenvalue weighted by Gasteiger charge is 2.17. The van der Waals surface area contributed by atoms with E-state index in [0.717, 1.165) is 26.1 Å². The van der Waals surface area contributed by atoms with Crippen LogP contribution in [-0.2, 0) is 4.74 Å². The minimum atomic E-state index is 0.429. The van der Waals surface area contributed by atoms with Crippen molar-refractivity contribution in [1.82, 2.24) is 5.32 Å². The molecule has 0 saturated carbocycles. The monoisotopic (exact) mass is 233 g/mol. The predicted octanol–water partition coefficient (Wildman–Crippen LogP) is 3.13. The Labute approximate surface area is 104 Å². The number of benzene rings is 1. The largest absolute Gasteiger partial charge is 0.381 e. The number of hydrogen-bond donors (Lipinski definition) is 1. The molecular formula is C15H23NO. The molecule has 1 aromatic carbocycles. The molecule has 2 rings (SSSR count). The third-order valence-corrected chi connectivity index (χ3v) is 3.60. The minimum Gasteiger partial charge on any atom is -0.381 e. The molecule has 0 radical (unpaired) electrons. The molecule has 1 saturated heterocycles. The molecule has 1 atom stereocenters. The molecule has 94 valence electrons. The van der Waals surface area contributed by atoms with Gasteiger partial charge in [0.05, 0.1) is 0 Å². The Balaban J connectivity index is 2.00. The fourth-order valence-corrected chi connectivity index (χ4v) is 2.62. The van der Waals surface area contributed by atoms with E-state index < -0.39 is 0 Å². The average molecular weight is 233 g/mol. The lowest BCUT2D eigenvalue weighted by atomic mass is 9.98. The zero-order valence-corrected chi connectivity index (χ0v) is 11.1. The van der Waals surface area contributed by atoms with Crippen molar-refractivity contribution in [2.45, 2.75) is 45.7 Å². The molecule has 1 fully saturated rings. The second-order valence-corrected chi connectivity index (χ2v) is 5.14. The molecule has 17 heavy (non-hydrogen) atoms. The SMILES string of the molecule is Cc1ccc(C(C)NC2CCOCC2)c(C)c1. The zero-order valence-electron chi connectivity index (χ0n) is 11.1. The quantitative estimate of drug-likeness (QED) is 0.866. The summed E-state index contributed by atoms with van der Waals surface area (Å²) in [7, 11) is 0. The Bertz CT molecular complexity index is 369. The summed E-state index contributed by atoms with van der Waals surface area (Å²) in [5.74, 6) is 0. The Morgan fingerprint density at radius 3 is 2.59 bits per heavy atom. The van der Waals surface area contributed by atoms with Crippen molar-refractivity contribution < 1.29 is 4.74 Å². The maximum atomic E-state index is 5.39. The summed E-state index contributed by atoms with van der Waals surface area (Å²) < 4.78 is 5.39. The number of ether oxygens (including phenoxy) is 1. The highest BCUT2D eigenvalue weighted by Crippen LogP contribution is 2.20. The van der Waals surface area contributed by atoms with Gasteiger partial charge in [-0.15, -0.1) is 0 Å². The lowest BCUT2D eigenvalue weighted by Crippen LogP contribution is -2.36. The van der Waals surface area contributed by atoms with Crippen molar-refractivity contribution in [3.8, 4) is 0 Å². The number of rotatable bonds is 3. The molecule has 2 nitrogen and oxygen atoms in total. The van der Waals surface area contributed by atoms with E-state index in [1.807, 2.05) is 0 Å². The first kappa shape index (κ1) is 12.6. The molecule has 1 unspecified atom stereocenters. The van der Waals surface area contributed by atoms with Gasteiger partial charge in [-0.25, -0.2) is 0 Å². The Morgan fingerprint density at radius 1 is 1.24 bits per heavy atom. The van der Waals surface area contributed by atoms with E-state index in [2.05, 4.69) is 44.3 Å². The van der Waals surface area contributed by atoms with E-state index in [-0.39, 0.29) is 0 Å². The molecule has 0 bridgehead atoms. The van der Waals surface area contributed by atoms with Gasteiger partial charge in [0.1, 0.15) is 0 Å². The Hall–Kier alpha value is -0.860. The van der Waals surface area contributed by atoms with Gasteiger partial charge in [-0.05, 0) is 44.7 Å². The lowest BCUT2D eigenvalue weighted by molar-refractivity contribution is 0.0754. The van der Waals surface area contributed by atoms with Crippen molar-refractivity contribution in [1.29, 1.82) is 0 Å². The van der Waals surface area contributed by atoms with Crippen LogP contribution in [0.3, 0.4) is 0 Å². The van der Waals surface area contributed by atoms with Gasteiger partial charge in [0.15, 0.2) is 0 Å². The summed E-state index contributed by atoms with van der Waals surface area (Å²) in [6.07, 6.45) is 2.27. The highest BCUT2D eigenvalue weighted by molar-refractivity contribution is 5.32.